The molecule has 0 saturated carbocycles. The lowest BCUT2D eigenvalue weighted by Gasteiger charge is -2.32. The Hall–Kier alpha value is -1.68. The Kier molecular flexibility index (Phi) is 5.22. The number of nitrogens with zero attached hydrogens (tertiary/aromatic N) is 4. The van der Waals surface area contributed by atoms with Gasteiger partial charge in [0.1, 0.15) is 5.82 Å². The summed E-state index contributed by atoms with van der Waals surface area (Å²) in [5.74, 6) is 1.84. The highest BCUT2D eigenvalue weighted by molar-refractivity contribution is 5.06. The summed E-state index contributed by atoms with van der Waals surface area (Å²) < 4.78 is 2.36. The molecule has 118 valence electrons. The van der Waals surface area contributed by atoms with E-state index in [1.165, 1.54) is 38.1 Å². The zero-order valence-electron chi connectivity index (χ0n) is 13.5. The van der Waals surface area contributed by atoms with Gasteiger partial charge in [0.2, 0.25) is 0 Å². The number of piperidine rings is 1. The maximum atomic E-state index is 4.65. The molecule has 0 radical (unpaired) electrons. The van der Waals surface area contributed by atoms with E-state index in [4.69, 9.17) is 0 Å². The number of imidazole rings is 1. The Labute approximate surface area is 133 Å². The van der Waals surface area contributed by atoms with E-state index in [0.29, 0.717) is 5.92 Å². The van der Waals surface area contributed by atoms with Gasteiger partial charge in [0.25, 0.3) is 0 Å². The van der Waals surface area contributed by atoms with Crippen molar-refractivity contribution in [2.45, 2.75) is 51.6 Å². The summed E-state index contributed by atoms with van der Waals surface area (Å²) in [6.07, 6.45) is 10.9. The molecule has 22 heavy (non-hydrogen) atoms. The highest BCUT2D eigenvalue weighted by Gasteiger charge is 2.24. The van der Waals surface area contributed by atoms with Crippen LogP contribution in [0.15, 0.2) is 36.8 Å². The van der Waals surface area contributed by atoms with Gasteiger partial charge in [-0.15, -0.1) is 0 Å². The third-order valence-corrected chi connectivity index (χ3v) is 4.48. The summed E-state index contributed by atoms with van der Waals surface area (Å²) >= 11 is 0. The van der Waals surface area contributed by atoms with Gasteiger partial charge < -0.3 is 4.57 Å². The topological polar surface area (TPSA) is 34.0 Å². The van der Waals surface area contributed by atoms with Crippen molar-refractivity contribution in [1.82, 2.24) is 19.4 Å². The smallest absolute Gasteiger partial charge is 0.113 e. The molecule has 4 heteroatoms. The van der Waals surface area contributed by atoms with Gasteiger partial charge in [-0.05, 0) is 37.9 Å². The van der Waals surface area contributed by atoms with E-state index in [9.17, 15) is 0 Å². The molecule has 1 unspecified atom stereocenters. The number of likely N-dealkylation sites (tertiary alicyclic amines) is 1. The SMILES string of the molecule is CCCCn1ccnc1C1CCCN(Cc2ccccn2)C1. The standard InChI is InChI=1S/C18H26N4/c1-2-3-12-22-13-10-20-18(22)16-7-6-11-21(14-16)15-17-8-4-5-9-19-17/h4-5,8-10,13,16H,2-3,6-7,11-12,14-15H2,1H3. The van der Waals surface area contributed by atoms with E-state index in [-0.39, 0.29) is 0 Å². The molecular formula is C18H26N4. The quantitative estimate of drug-likeness (QED) is 0.819. The maximum absolute atomic E-state index is 4.65. The van der Waals surface area contributed by atoms with E-state index in [1.54, 1.807) is 0 Å². The summed E-state index contributed by atoms with van der Waals surface area (Å²) in [4.78, 5) is 11.6. The summed E-state index contributed by atoms with van der Waals surface area (Å²) in [7, 11) is 0. The molecule has 1 aliphatic rings. The molecule has 2 aromatic heterocycles. The Morgan fingerprint density at radius 1 is 1.23 bits per heavy atom. The van der Waals surface area contributed by atoms with Crippen LogP contribution in [0.1, 0.15) is 50.0 Å². The van der Waals surface area contributed by atoms with Gasteiger partial charge in [-0.1, -0.05) is 19.4 Å². The second kappa shape index (κ2) is 7.54. The van der Waals surface area contributed by atoms with E-state index in [0.717, 1.165) is 25.3 Å². The van der Waals surface area contributed by atoms with E-state index < -0.39 is 0 Å². The monoisotopic (exact) mass is 298 g/mol. The van der Waals surface area contributed by atoms with Crippen LogP contribution < -0.4 is 0 Å². The van der Waals surface area contributed by atoms with Gasteiger partial charge in [-0.3, -0.25) is 9.88 Å². The van der Waals surface area contributed by atoms with Crippen molar-refractivity contribution in [2.75, 3.05) is 13.1 Å². The molecule has 0 amide bonds. The Balaban J connectivity index is 1.64. The fraction of sp³-hybridized carbons (Fsp3) is 0.556. The van der Waals surface area contributed by atoms with Gasteiger partial charge in [0.05, 0.1) is 5.69 Å². The fourth-order valence-electron chi connectivity index (χ4n) is 3.33. The first-order chi connectivity index (χ1) is 10.9. The van der Waals surface area contributed by atoms with Crippen LogP contribution in [-0.4, -0.2) is 32.5 Å². The zero-order valence-corrected chi connectivity index (χ0v) is 13.5. The molecule has 3 heterocycles. The number of rotatable bonds is 6. The molecule has 1 fully saturated rings. The molecular weight excluding hydrogens is 272 g/mol. The average molecular weight is 298 g/mol. The first kappa shape index (κ1) is 15.2. The molecule has 0 bridgehead atoms. The van der Waals surface area contributed by atoms with Crippen LogP contribution in [0, 0.1) is 0 Å². The molecule has 0 spiro atoms. The fourth-order valence-corrected chi connectivity index (χ4v) is 3.33. The molecule has 0 aliphatic carbocycles. The van der Waals surface area contributed by atoms with Crippen LogP contribution in [0.2, 0.25) is 0 Å². The number of aryl methyl sites for hydroxylation is 1. The largest absolute Gasteiger partial charge is 0.335 e. The van der Waals surface area contributed by atoms with E-state index in [1.807, 2.05) is 18.5 Å². The summed E-state index contributed by atoms with van der Waals surface area (Å²) in [5.41, 5.74) is 1.16. The van der Waals surface area contributed by atoms with Crippen LogP contribution in [0.25, 0.3) is 0 Å². The highest BCUT2D eigenvalue weighted by Crippen LogP contribution is 2.26. The van der Waals surface area contributed by atoms with Crippen molar-refractivity contribution >= 4 is 0 Å². The van der Waals surface area contributed by atoms with Crippen molar-refractivity contribution < 1.29 is 0 Å². The first-order valence-electron chi connectivity index (χ1n) is 8.50. The number of pyridine rings is 1. The van der Waals surface area contributed by atoms with Crippen LogP contribution in [0.3, 0.4) is 0 Å². The number of hydrogen-bond acceptors (Lipinski definition) is 3. The Morgan fingerprint density at radius 3 is 3.00 bits per heavy atom. The minimum Gasteiger partial charge on any atom is -0.335 e. The van der Waals surface area contributed by atoms with Gasteiger partial charge >= 0.3 is 0 Å². The Bertz CT molecular complexity index is 563. The van der Waals surface area contributed by atoms with E-state index in [2.05, 4.69) is 44.7 Å². The number of aromatic nitrogens is 3. The summed E-state index contributed by atoms with van der Waals surface area (Å²) in [5, 5.41) is 0. The molecule has 1 aliphatic heterocycles. The van der Waals surface area contributed by atoms with Gasteiger partial charge in [-0.25, -0.2) is 4.98 Å². The maximum Gasteiger partial charge on any atom is 0.113 e. The third-order valence-electron chi connectivity index (χ3n) is 4.48. The predicted molar refractivity (Wildman–Crippen MR) is 88.6 cm³/mol. The minimum absolute atomic E-state index is 0.560. The van der Waals surface area contributed by atoms with Gasteiger partial charge in [-0.2, -0.15) is 0 Å². The van der Waals surface area contributed by atoms with Crippen LogP contribution >= 0.6 is 0 Å². The summed E-state index contributed by atoms with van der Waals surface area (Å²) in [6, 6.07) is 6.17. The number of hydrogen-bond donors (Lipinski definition) is 0. The molecule has 1 saturated heterocycles. The minimum atomic E-state index is 0.560. The summed E-state index contributed by atoms with van der Waals surface area (Å²) in [6.45, 7) is 6.56. The second-order valence-corrected chi connectivity index (χ2v) is 6.23. The lowest BCUT2D eigenvalue weighted by atomic mass is 9.97. The van der Waals surface area contributed by atoms with Crippen LogP contribution in [0.4, 0.5) is 0 Å². The van der Waals surface area contributed by atoms with Gasteiger partial charge in [0, 0.05) is 44.1 Å². The zero-order chi connectivity index (χ0) is 15.2. The van der Waals surface area contributed by atoms with Crippen LogP contribution in [-0.2, 0) is 13.1 Å². The van der Waals surface area contributed by atoms with Crippen molar-refractivity contribution in [3.8, 4) is 0 Å². The predicted octanol–water partition coefficient (Wildman–Crippen LogP) is 3.46. The van der Waals surface area contributed by atoms with Gasteiger partial charge in [0.15, 0.2) is 0 Å². The molecule has 4 nitrogen and oxygen atoms in total. The van der Waals surface area contributed by atoms with Crippen molar-refractivity contribution in [1.29, 1.82) is 0 Å². The Morgan fingerprint density at radius 2 is 2.18 bits per heavy atom. The molecule has 2 aromatic rings. The molecule has 3 rings (SSSR count). The van der Waals surface area contributed by atoms with Crippen molar-refractivity contribution in [3.63, 3.8) is 0 Å². The number of unbranched alkanes of at least 4 members (excludes halogenated alkanes) is 1. The third kappa shape index (κ3) is 3.74. The van der Waals surface area contributed by atoms with Crippen molar-refractivity contribution in [3.05, 3.63) is 48.3 Å². The molecule has 0 N–H and O–H groups in total. The average Bonchev–Trinajstić information content (AvgIpc) is 3.02. The van der Waals surface area contributed by atoms with Crippen molar-refractivity contribution in [2.24, 2.45) is 0 Å². The first-order valence-corrected chi connectivity index (χ1v) is 8.50. The van der Waals surface area contributed by atoms with Crippen LogP contribution in [0.5, 0.6) is 0 Å². The lowest BCUT2D eigenvalue weighted by molar-refractivity contribution is 0.192. The molecule has 0 aromatic carbocycles. The normalized spacial score (nSPS) is 19.4. The van der Waals surface area contributed by atoms with E-state index >= 15 is 0 Å². The molecule has 1 atom stereocenters. The highest BCUT2D eigenvalue weighted by atomic mass is 15.2. The second-order valence-electron chi connectivity index (χ2n) is 6.23. The lowest BCUT2D eigenvalue weighted by Crippen LogP contribution is -2.35.